The van der Waals surface area contributed by atoms with Crippen molar-refractivity contribution in [1.29, 1.82) is 0 Å². The second-order valence-corrected chi connectivity index (χ2v) is 6.50. The van der Waals surface area contributed by atoms with E-state index in [1.165, 1.54) is 24.3 Å². The highest BCUT2D eigenvalue weighted by Crippen LogP contribution is 2.23. The molecule has 0 amide bonds. The summed E-state index contributed by atoms with van der Waals surface area (Å²) in [6.45, 7) is 2.82. The number of hydrogen-bond donors (Lipinski definition) is 1. The highest BCUT2D eigenvalue weighted by atomic mass is 19.1. The molecule has 30 heavy (non-hydrogen) atoms. The summed E-state index contributed by atoms with van der Waals surface area (Å²) in [5.41, 5.74) is 2.14. The van der Waals surface area contributed by atoms with E-state index in [1.54, 1.807) is 24.3 Å². The predicted octanol–water partition coefficient (Wildman–Crippen LogP) is 4.16. The highest BCUT2D eigenvalue weighted by molar-refractivity contribution is 5.83. The summed E-state index contributed by atoms with van der Waals surface area (Å²) in [4.78, 5) is 13.2. The lowest BCUT2D eigenvalue weighted by Gasteiger charge is -2.11. The summed E-state index contributed by atoms with van der Waals surface area (Å²) in [5, 5.41) is 11.4. The number of ether oxygens (including phenoxy) is 1. The monoisotopic (exact) mass is 408 g/mol. The standard InChI is InChI=1S/C21H18F2N6O/c1-2-11-30-21-26-19(24-12-13-3-7-15(22)8-4-13)17-20(27-21)29-28-18(25-17)14-5-9-16(23)10-6-14/h3-10H,2,11-12H2,1H3,(H,24,26,27,29). The van der Waals surface area contributed by atoms with E-state index in [1.807, 2.05) is 6.92 Å². The lowest BCUT2D eigenvalue weighted by Crippen LogP contribution is -2.09. The van der Waals surface area contributed by atoms with Gasteiger partial charge in [0.15, 0.2) is 17.2 Å². The zero-order valence-corrected chi connectivity index (χ0v) is 16.1. The number of halogens is 2. The summed E-state index contributed by atoms with van der Waals surface area (Å²) < 4.78 is 31.9. The number of nitrogens with one attached hydrogen (secondary N) is 1. The second kappa shape index (κ2) is 8.73. The van der Waals surface area contributed by atoms with Crippen LogP contribution in [-0.2, 0) is 6.54 Å². The molecule has 0 radical (unpaired) electrons. The predicted molar refractivity (Wildman–Crippen MR) is 108 cm³/mol. The molecule has 1 N–H and O–H groups in total. The minimum atomic E-state index is -0.352. The van der Waals surface area contributed by atoms with Gasteiger partial charge in [-0.15, -0.1) is 10.2 Å². The molecule has 152 valence electrons. The molecule has 2 aromatic carbocycles. The third-order valence-corrected chi connectivity index (χ3v) is 4.21. The van der Waals surface area contributed by atoms with E-state index in [0.29, 0.717) is 35.9 Å². The largest absolute Gasteiger partial charge is 0.463 e. The van der Waals surface area contributed by atoms with Gasteiger partial charge in [0.05, 0.1) is 6.61 Å². The molecule has 9 heteroatoms. The smallest absolute Gasteiger partial charge is 0.320 e. The summed E-state index contributed by atoms with van der Waals surface area (Å²) >= 11 is 0. The molecule has 0 bridgehead atoms. The number of fused-ring (bicyclic) bond motifs is 1. The van der Waals surface area contributed by atoms with Crippen molar-refractivity contribution in [3.05, 3.63) is 65.7 Å². The summed E-state index contributed by atoms with van der Waals surface area (Å²) in [6, 6.07) is 12.1. The minimum Gasteiger partial charge on any atom is -0.463 e. The van der Waals surface area contributed by atoms with Crippen LogP contribution in [-0.4, -0.2) is 31.8 Å². The maximum Gasteiger partial charge on any atom is 0.320 e. The van der Waals surface area contributed by atoms with Crippen LogP contribution in [0.25, 0.3) is 22.6 Å². The SMILES string of the molecule is CCCOc1nc(NCc2ccc(F)cc2)c2nc(-c3ccc(F)cc3)nnc2n1. The fraction of sp³-hybridized carbons (Fsp3) is 0.190. The van der Waals surface area contributed by atoms with Gasteiger partial charge in [-0.3, -0.25) is 0 Å². The number of nitrogens with zero attached hydrogens (tertiary/aromatic N) is 5. The van der Waals surface area contributed by atoms with Gasteiger partial charge in [0.25, 0.3) is 0 Å². The topological polar surface area (TPSA) is 85.7 Å². The normalized spacial score (nSPS) is 10.9. The van der Waals surface area contributed by atoms with Crippen molar-refractivity contribution >= 4 is 17.0 Å². The molecule has 0 spiro atoms. The maximum atomic E-state index is 13.2. The molecule has 0 atom stereocenters. The molecule has 0 saturated carbocycles. The summed E-state index contributed by atoms with van der Waals surface area (Å²) in [6.07, 6.45) is 0.799. The molecule has 2 heterocycles. The molecule has 4 aromatic rings. The van der Waals surface area contributed by atoms with E-state index in [4.69, 9.17) is 4.74 Å². The van der Waals surface area contributed by atoms with Crippen molar-refractivity contribution in [3.8, 4) is 17.4 Å². The van der Waals surface area contributed by atoms with Crippen molar-refractivity contribution < 1.29 is 13.5 Å². The number of hydrogen-bond acceptors (Lipinski definition) is 7. The molecule has 4 rings (SSSR count). The Labute approximate surface area is 171 Å². The molecule has 7 nitrogen and oxygen atoms in total. The van der Waals surface area contributed by atoms with Gasteiger partial charge in [-0.25, -0.2) is 13.8 Å². The molecular formula is C21H18F2N6O. The van der Waals surface area contributed by atoms with E-state index in [9.17, 15) is 8.78 Å². The summed E-state index contributed by atoms with van der Waals surface area (Å²) in [7, 11) is 0. The van der Waals surface area contributed by atoms with Gasteiger partial charge in [0.1, 0.15) is 11.6 Å². The number of anilines is 1. The number of benzene rings is 2. The highest BCUT2D eigenvalue weighted by Gasteiger charge is 2.14. The Kier molecular flexibility index (Phi) is 5.69. The first-order valence-electron chi connectivity index (χ1n) is 9.42. The summed E-state index contributed by atoms with van der Waals surface area (Å²) in [5.74, 6) is 0.0735. The van der Waals surface area contributed by atoms with Crippen molar-refractivity contribution in [1.82, 2.24) is 25.1 Å². The second-order valence-electron chi connectivity index (χ2n) is 6.50. The van der Waals surface area contributed by atoms with Gasteiger partial charge in [0.2, 0.25) is 5.65 Å². The first-order chi connectivity index (χ1) is 14.6. The maximum absolute atomic E-state index is 13.2. The first-order valence-corrected chi connectivity index (χ1v) is 9.42. The van der Waals surface area contributed by atoms with E-state index in [2.05, 4.69) is 30.5 Å². The average Bonchev–Trinajstić information content (AvgIpc) is 2.77. The zero-order chi connectivity index (χ0) is 20.9. The van der Waals surface area contributed by atoms with E-state index in [-0.39, 0.29) is 23.3 Å². The third kappa shape index (κ3) is 4.45. The van der Waals surface area contributed by atoms with Crippen molar-refractivity contribution in [2.75, 3.05) is 11.9 Å². The van der Waals surface area contributed by atoms with Gasteiger partial charge in [0, 0.05) is 12.1 Å². The number of aromatic nitrogens is 5. The minimum absolute atomic E-state index is 0.164. The average molecular weight is 408 g/mol. The Morgan fingerprint density at radius 2 is 1.57 bits per heavy atom. The Morgan fingerprint density at radius 1 is 0.867 bits per heavy atom. The molecule has 0 saturated heterocycles. The Bertz CT molecular complexity index is 1150. The molecule has 0 fully saturated rings. The Balaban J connectivity index is 1.71. The van der Waals surface area contributed by atoms with Gasteiger partial charge >= 0.3 is 6.01 Å². The van der Waals surface area contributed by atoms with Crippen LogP contribution < -0.4 is 10.1 Å². The van der Waals surface area contributed by atoms with E-state index in [0.717, 1.165) is 12.0 Å². The van der Waals surface area contributed by atoms with Crippen molar-refractivity contribution in [2.45, 2.75) is 19.9 Å². The van der Waals surface area contributed by atoms with Gasteiger partial charge in [-0.05, 0) is 48.4 Å². The first kappa shape index (κ1) is 19.6. The fourth-order valence-corrected chi connectivity index (χ4v) is 2.71. The van der Waals surface area contributed by atoms with Crippen LogP contribution in [0.1, 0.15) is 18.9 Å². The quantitative estimate of drug-likeness (QED) is 0.491. The lowest BCUT2D eigenvalue weighted by molar-refractivity contribution is 0.293. The molecule has 0 unspecified atom stereocenters. The van der Waals surface area contributed by atoms with E-state index < -0.39 is 0 Å². The van der Waals surface area contributed by atoms with Crippen molar-refractivity contribution in [3.63, 3.8) is 0 Å². The van der Waals surface area contributed by atoms with Crippen molar-refractivity contribution in [2.24, 2.45) is 0 Å². The van der Waals surface area contributed by atoms with Crippen LogP contribution in [0, 0.1) is 11.6 Å². The molecular weight excluding hydrogens is 390 g/mol. The Morgan fingerprint density at radius 3 is 2.27 bits per heavy atom. The van der Waals surface area contributed by atoms with Gasteiger partial charge in [-0.2, -0.15) is 9.97 Å². The van der Waals surface area contributed by atoms with Crippen LogP contribution in [0.3, 0.4) is 0 Å². The molecule has 0 aliphatic carbocycles. The lowest BCUT2D eigenvalue weighted by atomic mass is 10.2. The van der Waals surface area contributed by atoms with Crippen LogP contribution in [0.4, 0.5) is 14.6 Å². The number of rotatable bonds is 7. The fourth-order valence-electron chi connectivity index (χ4n) is 2.71. The van der Waals surface area contributed by atoms with Gasteiger partial charge < -0.3 is 10.1 Å². The van der Waals surface area contributed by atoms with Gasteiger partial charge in [-0.1, -0.05) is 19.1 Å². The molecule has 0 aliphatic rings. The molecule has 2 aromatic heterocycles. The van der Waals surface area contributed by atoms with E-state index >= 15 is 0 Å². The van der Waals surface area contributed by atoms with Crippen LogP contribution in [0.5, 0.6) is 6.01 Å². The Hall–Kier alpha value is -3.75. The van der Waals surface area contributed by atoms with Crippen LogP contribution in [0.15, 0.2) is 48.5 Å². The van der Waals surface area contributed by atoms with Crippen LogP contribution in [0.2, 0.25) is 0 Å². The molecule has 0 aliphatic heterocycles. The third-order valence-electron chi connectivity index (χ3n) is 4.21. The zero-order valence-electron chi connectivity index (χ0n) is 16.1. The van der Waals surface area contributed by atoms with Crippen LogP contribution >= 0.6 is 0 Å².